The monoisotopic (exact) mass is 238 g/mol. The molecule has 0 atom stereocenters. The third kappa shape index (κ3) is 1.79. The Bertz CT molecular complexity index is 662. The summed E-state index contributed by atoms with van der Waals surface area (Å²) in [6, 6.07) is 3.83. The topological polar surface area (TPSA) is 37.5 Å². The van der Waals surface area contributed by atoms with E-state index in [1.54, 1.807) is 0 Å². The standard InChI is InChI=1S/C15H14N2O/c18-11-13-8-5-9-17-14(10-16-15(13)17)12-6-3-1-2-4-7-12/h1-6,8-10,18H,7,11H2. The number of aliphatic hydroxyl groups excluding tert-OH is 1. The quantitative estimate of drug-likeness (QED) is 0.873. The number of aliphatic hydroxyl groups is 1. The molecule has 3 rings (SSSR count). The first-order valence-electron chi connectivity index (χ1n) is 5.98. The molecule has 0 radical (unpaired) electrons. The summed E-state index contributed by atoms with van der Waals surface area (Å²) in [5, 5.41) is 9.31. The molecule has 1 N–H and O–H groups in total. The fourth-order valence-electron chi connectivity index (χ4n) is 2.20. The molecule has 90 valence electrons. The zero-order chi connectivity index (χ0) is 12.4. The maximum atomic E-state index is 9.31. The Labute approximate surface area is 105 Å². The van der Waals surface area contributed by atoms with E-state index in [1.165, 1.54) is 5.57 Å². The van der Waals surface area contributed by atoms with Crippen molar-refractivity contribution in [2.75, 3.05) is 0 Å². The van der Waals surface area contributed by atoms with Crippen molar-refractivity contribution in [2.45, 2.75) is 13.0 Å². The van der Waals surface area contributed by atoms with E-state index < -0.39 is 0 Å². The summed E-state index contributed by atoms with van der Waals surface area (Å²) in [5.74, 6) is 0. The number of aromatic nitrogens is 2. The molecule has 3 nitrogen and oxygen atoms in total. The molecule has 0 amide bonds. The minimum Gasteiger partial charge on any atom is -0.392 e. The predicted octanol–water partition coefficient (Wildman–Crippen LogP) is 2.73. The van der Waals surface area contributed by atoms with Gasteiger partial charge in [-0.25, -0.2) is 4.98 Å². The summed E-state index contributed by atoms with van der Waals surface area (Å²) < 4.78 is 2.03. The van der Waals surface area contributed by atoms with Gasteiger partial charge in [-0.15, -0.1) is 0 Å². The van der Waals surface area contributed by atoms with Crippen LogP contribution in [0.2, 0.25) is 0 Å². The maximum absolute atomic E-state index is 9.31. The first-order chi connectivity index (χ1) is 8.90. The van der Waals surface area contributed by atoms with Crippen molar-refractivity contribution in [3.63, 3.8) is 0 Å². The van der Waals surface area contributed by atoms with Gasteiger partial charge in [0.2, 0.25) is 0 Å². The Morgan fingerprint density at radius 1 is 1.28 bits per heavy atom. The minimum atomic E-state index is 0.0135. The van der Waals surface area contributed by atoms with Crippen molar-refractivity contribution in [3.8, 4) is 0 Å². The van der Waals surface area contributed by atoms with Gasteiger partial charge >= 0.3 is 0 Å². The number of hydrogen-bond donors (Lipinski definition) is 1. The van der Waals surface area contributed by atoms with Gasteiger partial charge in [0.05, 0.1) is 18.5 Å². The molecule has 2 aromatic rings. The Kier molecular flexibility index (Phi) is 2.82. The SMILES string of the molecule is OCc1cccn2c(C3=CC=CC=CC3)cnc12. The number of nitrogens with zero attached hydrogens (tertiary/aromatic N) is 2. The Hall–Kier alpha value is -2.13. The second kappa shape index (κ2) is 4.63. The summed E-state index contributed by atoms with van der Waals surface area (Å²) >= 11 is 0. The number of hydrogen-bond acceptors (Lipinski definition) is 2. The average molecular weight is 238 g/mol. The molecule has 0 aromatic carbocycles. The van der Waals surface area contributed by atoms with Gasteiger partial charge < -0.3 is 5.11 Å². The summed E-state index contributed by atoms with van der Waals surface area (Å²) in [6.07, 6.45) is 15.1. The van der Waals surface area contributed by atoms with Crippen LogP contribution in [0.25, 0.3) is 11.2 Å². The molecule has 0 fully saturated rings. The van der Waals surface area contributed by atoms with E-state index in [0.29, 0.717) is 0 Å². The largest absolute Gasteiger partial charge is 0.392 e. The van der Waals surface area contributed by atoms with Crippen molar-refractivity contribution < 1.29 is 5.11 Å². The zero-order valence-electron chi connectivity index (χ0n) is 9.95. The normalized spacial score (nSPS) is 14.8. The molecule has 18 heavy (non-hydrogen) atoms. The van der Waals surface area contributed by atoms with Crippen LogP contribution >= 0.6 is 0 Å². The third-order valence-electron chi connectivity index (χ3n) is 3.11. The number of pyridine rings is 1. The molecular formula is C15H14N2O. The van der Waals surface area contributed by atoms with Crippen LogP contribution in [0.1, 0.15) is 17.7 Å². The lowest BCUT2D eigenvalue weighted by molar-refractivity contribution is 0.282. The minimum absolute atomic E-state index is 0.0135. The van der Waals surface area contributed by atoms with E-state index in [2.05, 4.69) is 17.1 Å². The van der Waals surface area contributed by atoms with E-state index in [4.69, 9.17) is 0 Å². The smallest absolute Gasteiger partial charge is 0.142 e. The molecule has 0 aliphatic heterocycles. The van der Waals surface area contributed by atoms with Crippen LogP contribution in [0, 0.1) is 0 Å². The van der Waals surface area contributed by atoms with E-state index in [9.17, 15) is 5.11 Å². The first-order valence-corrected chi connectivity index (χ1v) is 5.98. The van der Waals surface area contributed by atoms with Gasteiger partial charge in [-0.2, -0.15) is 0 Å². The molecular weight excluding hydrogens is 224 g/mol. The lowest BCUT2D eigenvalue weighted by Crippen LogP contribution is -1.95. The molecule has 0 spiro atoms. The van der Waals surface area contributed by atoms with Gasteiger partial charge in [-0.1, -0.05) is 36.4 Å². The van der Waals surface area contributed by atoms with Gasteiger partial charge in [0, 0.05) is 11.8 Å². The molecule has 1 aliphatic rings. The highest BCUT2D eigenvalue weighted by Gasteiger charge is 2.09. The van der Waals surface area contributed by atoms with Crippen molar-refractivity contribution in [1.29, 1.82) is 0 Å². The number of rotatable bonds is 2. The van der Waals surface area contributed by atoms with E-state index in [1.807, 2.05) is 47.2 Å². The van der Waals surface area contributed by atoms with Gasteiger partial charge in [0.25, 0.3) is 0 Å². The Morgan fingerprint density at radius 2 is 2.22 bits per heavy atom. The van der Waals surface area contributed by atoms with Crippen LogP contribution in [-0.4, -0.2) is 14.5 Å². The van der Waals surface area contributed by atoms with Gasteiger partial charge in [-0.3, -0.25) is 4.40 Å². The number of allylic oxidation sites excluding steroid dienone is 6. The zero-order valence-corrected chi connectivity index (χ0v) is 9.95. The fourth-order valence-corrected chi connectivity index (χ4v) is 2.20. The van der Waals surface area contributed by atoms with E-state index >= 15 is 0 Å². The third-order valence-corrected chi connectivity index (χ3v) is 3.11. The second-order valence-electron chi connectivity index (χ2n) is 4.24. The predicted molar refractivity (Wildman–Crippen MR) is 72.0 cm³/mol. The van der Waals surface area contributed by atoms with E-state index in [0.717, 1.165) is 23.3 Å². The lowest BCUT2D eigenvalue weighted by atomic mass is 10.1. The van der Waals surface area contributed by atoms with Crippen molar-refractivity contribution in [3.05, 3.63) is 66.2 Å². The summed E-state index contributed by atoms with van der Waals surface area (Å²) in [4.78, 5) is 4.41. The van der Waals surface area contributed by atoms with Crippen molar-refractivity contribution in [1.82, 2.24) is 9.38 Å². The summed E-state index contributed by atoms with van der Waals surface area (Å²) in [7, 11) is 0. The van der Waals surface area contributed by atoms with Gasteiger partial charge in [0.1, 0.15) is 5.65 Å². The van der Waals surface area contributed by atoms with Crippen LogP contribution in [-0.2, 0) is 6.61 Å². The Morgan fingerprint density at radius 3 is 3.11 bits per heavy atom. The van der Waals surface area contributed by atoms with Gasteiger partial charge in [0.15, 0.2) is 0 Å². The molecule has 1 aliphatic carbocycles. The molecule has 2 aromatic heterocycles. The van der Waals surface area contributed by atoms with Crippen LogP contribution in [0.5, 0.6) is 0 Å². The van der Waals surface area contributed by atoms with Crippen LogP contribution in [0.3, 0.4) is 0 Å². The lowest BCUT2D eigenvalue weighted by Gasteiger charge is -2.05. The number of fused-ring (bicyclic) bond motifs is 1. The number of imidazole rings is 1. The average Bonchev–Trinajstić information content (AvgIpc) is 2.66. The Balaban J connectivity index is 2.16. The highest BCUT2D eigenvalue weighted by Crippen LogP contribution is 2.23. The van der Waals surface area contributed by atoms with Crippen LogP contribution in [0.15, 0.2) is 54.9 Å². The van der Waals surface area contributed by atoms with E-state index in [-0.39, 0.29) is 6.61 Å². The fraction of sp³-hybridized carbons (Fsp3) is 0.133. The maximum Gasteiger partial charge on any atom is 0.142 e. The van der Waals surface area contributed by atoms with Crippen LogP contribution in [0.4, 0.5) is 0 Å². The van der Waals surface area contributed by atoms with Gasteiger partial charge in [-0.05, 0) is 18.1 Å². The highest BCUT2D eigenvalue weighted by atomic mass is 16.3. The molecule has 0 unspecified atom stereocenters. The summed E-state index contributed by atoms with van der Waals surface area (Å²) in [6.45, 7) is 0.0135. The summed E-state index contributed by atoms with van der Waals surface area (Å²) in [5.41, 5.74) is 3.98. The molecule has 3 heteroatoms. The first kappa shape index (κ1) is 11.0. The molecule has 0 bridgehead atoms. The van der Waals surface area contributed by atoms with Crippen LogP contribution < -0.4 is 0 Å². The second-order valence-corrected chi connectivity index (χ2v) is 4.24. The molecule has 0 saturated heterocycles. The van der Waals surface area contributed by atoms with Crippen molar-refractivity contribution in [2.24, 2.45) is 0 Å². The highest BCUT2D eigenvalue weighted by molar-refractivity contribution is 5.69. The molecule has 2 heterocycles. The molecule has 0 saturated carbocycles. The van der Waals surface area contributed by atoms with Crippen molar-refractivity contribution >= 4 is 11.2 Å².